The minimum absolute atomic E-state index is 0.835. The van der Waals surface area contributed by atoms with Gasteiger partial charge in [0.2, 0.25) is 0 Å². The minimum Gasteiger partial charge on any atom is -0.230 e. The molecule has 0 saturated carbocycles. The molecule has 0 N–H and O–H groups in total. The lowest BCUT2D eigenvalue weighted by Crippen LogP contribution is -1.93. The zero-order valence-electron chi connectivity index (χ0n) is 6.87. The Hall–Kier alpha value is 0.260. The standard InChI is InChI=1S/C7H9BrN2S2/c1-11-4-6-5(8)3-9-7(10-6)12-2/h3H,4H2,1-2H3. The molecule has 1 aromatic rings. The third kappa shape index (κ3) is 2.64. The first-order valence-corrected chi connectivity index (χ1v) is 6.73. The van der Waals surface area contributed by atoms with Gasteiger partial charge in [0.1, 0.15) is 0 Å². The first-order chi connectivity index (χ1) is 5.77. The van der Waals surface area contributed by atoms with Gasteiger partial charge in [0.25, 0.3) is 0 Å². The van der Waals surface area contributed by atoms with Gasteiger partial charge in [0.15, 0.2) is 5.16 Å². The summed E-state index contributed by atoms with van der Waals surface area (Å²) in [5, 5.41) is 0.835. The lowest BCUT2D eigenvalue weighted by atomic mass is 10.5. The number of halogens is 1. The average molecular weight is 265 g/mol. The molecule has 0 aromatic carbocycles. The van der Waals surface area contributed by atoms with Gasteiger partial charge >= 0.3 is 0 Å². The fraction of sp³-hybridized carbons (Fsp3) is 0.429. The van der Waals surface area contributed by atoms with Crippen LogP contribution >= 0.6 is 39.5 Å². The molecule has 5 heteroatoms. The third-order valence-corrected chi connectivity index (χ3v) is 3.04. The van der Waals surface area contributed by atoms with E-state index in [2.05, 4.69) is 32.2 Å². The van der Waals surface area contributed by atoms with E-state index in [0.717, 1.165) is 21.1 Å². The molecule has 12 heavy (non-hydrogen) atoms. The molecular weight excluding hydrogens is 256 g/mol. The van der Waals surface area contributed by atoms with Gasteiger partial charge in [-0.2, -0.15) is 11.8 Å². The molecule has 1 rings (SSSR count). The van der Waals surface area contributed by atoms with E-state index in [1.807, 2.05) is 12.5 Å². The van der Waals surface area contributed by atoms with Crippen LogP contribution in [0.1, 0.15) is 5.69 Å². The van der Waals surface area contributed by atoms with Crippen LogP contribution in [0.4, 0.5) is 0 Å². The van der Waals surface area contributed by atoms with Crippen LogP contribution in [0.15, 0.2) is 15.8 Å². The van der Waals surface area contributed by atoms with Crippen molar-refractivity contribution in [2.24, 2.45) is 0 Å². The van der Waals surface area contributed by atoms with Crippen LogP contribution in [-0.4, -0.2) is 22.5 Å². The summed E-state index contributed by atoms with van der Waals surface area (Å²) in [6.07, 6.45) is 5.85. The van der Waals surface area contributed by atoms with Crippen LogP contribution in [0.2, 0.25) is 0 Å². The van der Waals surface area contributed by atoms with Crippen LogP contribution in [0.5, 0.6) is 0 Å². The second-order valence-electron chi connectivity index (χ2n) is 2.08. The molecule has 0 unspecified atom stereocenters. The Balaban J connectivity index is 2.91. The second kappa shape index (κ2) is 5.09. The number of hydrogen-bond donors (Lipinski definition) is 0. The summed E-state index contributed by atoms with van der Waals surface area (Å²) in [6.45, 7) is 0. The van der Waals surface area contributed by atoms with Gasteiger partial charge < -0.3 is 0 Å². The molecule has 0 aliphatic carbocycles. The van der Waals surface area contributed by atoms with Gasteiger partial charge in [0, 0.05) is 11.9 Å². The van der Waals surface area contributed by atoms with Gasteiger partial charge in [0.05, 0.1) is 10.2 Å². The van der Waals surface area contributed by atoms with Crippen molar-refractivity contribution in [1.82, 2.24) is 9.97 Å². The van der Waals surface area contributed by atoms with Crippen molar-refractivity contribution in [2.75, 3.05) is 12.5 Å². The molecule has 0 atom stereocenters. The molecule has 0 fully saturated rings. The topological polar surface area (TPSA) is 25.8 Å². The lowest BCUT2D eigenvalue weighted by molar-refractivity contribution is 0.918. The second-order valence-corrected chi connectivity index (χ2v) is 4.58. The highest BCUT2D eigenvalue weighted by Gasteiger charge is 2.02. The molecule has 0 amide bonds. The summed E-state index contributed by atoms with van der Waals surface area (Å²) >= 11 is 6.74. The zero-order valence-corrected chi connectivity index (χ0v) is 10.1. The molecule has 0 bridgehead atoms. The predicted octanol–water partition coefficient (Wildman–Crippen LogP) is 2.82. The molecule has 0 aliphatic heterocycles. The molecule has 0 aliphatic rings. The lowest BCUT2D eigenvalue weighted by Gasteiger charge is -2.01. The minimum atomic E-state index is 0.835. The molecular formula is C7H9BrN2S2. The smallest absolute Gasteiger partial charge is 0.187 e. The van der Waals surface area contributed by atoms with Crippen molar-refractivity contribution >= 4 is 39.5 Å². The van der Waals surface area contributed by atoms with Gasteiger partial charge in [-0.3, -0.25) is 0 Å². The molecule has 66 valence electrons. The Kier molecular flexibility index (Phi) is 4.39. The van der Waals surface area contributed by atoms with E-state index in [1.165, 1.54) is 0 Å². The maximum atomic E-state index is 4.36. The summed E-state index contributed by atoms with van der Waals surface area (Å²) in [5.74, 6) is 0.927. The van der Waals surface area contributed by atoms with Crippen molar-refractivity contribution in [3.05, 3.63) is 16.4 Å². The predicted molar refractivity (Wildman–Crippen MR) is 58.7 cm³/mol. The Labute approximate surface area is 89.1 Å². The van der Waals surface area contributed by atoms with E-state index in [0.29, 0.717) is 0 Å². The van der Waals surface area contributed by atoms with Crippen LogP contribution in [0, 0.1) is 0 Å². The molecule has 1 heterocycles. The Morgan fingerprint density at radius 1 is 1.50 bits per heavy atom. The SMILES string of the molecule is CSCc1nc(SC)ncc1Br. The Morgan fingerprint density at radius 3 is 2.83 bits per heavy atom. The summed E-state index contributed by atoms with van der Waals surface area (Å²) in [4.78, 5) is 8.50. The fourth-order valence-corrected chi connectivity index (χ4v) is 2.09. The van der Waals surface area contributed by atoms with E-state index in [-0.39, 0.29) is 0 Å². The highest BCUT2D eigenvalue weighted by Crippen LogP contribution is 2.20. The maximum Gasteiger partial charge on any atom is 0.187 e. The van der Waals surface area contributed by atoms with Gasteiger partial charge in [-0.1, -0.05) is 11.8 Å². The van der Waals surface area contributed by atoms with E-state index in [4.69, 9.17) is 0 Å². The molecule has 0 saturated heterocycles. The number of rotatable bonds is 3. The quantitative estimate of drug-likeness (QED) is 0.620. The monoisotopic (exact) mass is 264 g/mol. The van der Waals surface area contributed by atoms with E-state index in [1.54, 1.807) is 23.5 Å². The van der Waals surface area contributed by atoms with Crippen molar-refractivity contribution in [3.8, 4) is 0 Å². The maximum absolute atomic E-state index is 4.36. The molecule has 0 radical (unpaired) electrons. The normalized spacial score (nSPS) is 10.2. The van der Waals surface area contributed by atoms with Gasteiger partial charge in [-0.25, -0.2) is 9.97 Å². The number of thioether (sulfide) groups is 2. The first kappa shape index (κ1) is 10.3. The first-order valence-electron chi connectivity index (χ1n) is 3.32. The van der Waals surface area contributed by atoms with Crippen LogP contribution < -0.4 is 0 Å². The van der Waals surface area contributed by atoms with Crippen molar-refractivity contribution in [3.63, 3.8) is 0 Å². The highest BCUT2D eigenvalue weighted by molar-refractivity contribution is 9.10. The van der Waals surface area contributed by atoms with Crippen LogP contribution in [0.25, 0.3) is 0 Å². The van der Waals surface area contributed by atoms with Crippen molar-refractivity contribution in [2.45, 2.75) is 10.9 Å². The summed E-state index contributed by atoms with van der Waals surface area (Å²) in [6, 6.07) is 0. The van der Waals surface area contributed by atoms with E-state index < -0.39 is 0 Å². The van der Waals surface area contributed by atoms with Crippen molar-refractivity contribution < 1.29 is 0 Å². The molecule has 0 spiro atoms. The Bertz CT molecular complexity index is 268. The van der Waals surface area contributed by atoms with Gasteiger partial charge in [-0.05, 0) is 28.4 Å². The molecule has 2 nitrogen and oxygen atoms in total. The Morgan fingerprint density at radius 2 is 2.25 bits per heavy atom. The largest absolute Gasteiger partial charge is 0.230 e. The number of nitrogens with zero attached hydrogens (tertiary/aromatic N) is 2. The third-order valence-electron chi connectivity index (χ3n) is 1.26. The molecule has 1 aromatic heterocycles. The number of aromatic nitrogens is 2. The van der Waals surface area contributed by atoms with E-state index in [9.17, 15) is 0 Å². The average Bonchev–Trinajstić information content (AvgIpc) is 2.09. The summed E-state index contributed by atoms with van der Waals surface area (Å²) in [5.41, 5.74) is 1.07. The summed E-state index contributed by atoms with van der Waals surface area (Å²) in [7, 11) is 0. The zero-order chi connectivity index (χ0) is 8.97. The summed E-state index contributed by atoms with van der Waals surface area (Å²) < 4.78 is 0.995. The van der Waals surface area contributed by atoms with Crippen molar-refractivity contribution in [1.29, 1.82) is 0 Å². The van der Waals surface area contributed by atoms with E-state index >= 15 is 0 Å². The van der Waals surface area contributed by atoms with Gasteiger partial charge in [-0.15, -0.1) is 0 Å². The highest BCUT2D eigenvalue weighted by atomic mass is 79.9. The number of hydrogen-bond acceptors (Lipinski definition) is 4. The fourth-order valence-electron chi connectivity index (χ4n) is 0.720. The van der Waals surface area contributed by atoms with Crippen LogP contribution in [0.3, 0.4) is 0 Å². The van der Waals surface area contributed by atoms with Crippen LogP contribution in [-0.2, 0) is 5.75 Å².